The van der Waals surface area contributed by atoms with Gasteiger partial charge in [-0.25, -0.2) is 4.39 Å². The number of benzene rings is 2. The van der Waals surface area contributed by atoms with Gasteiger partial charge in [-0.2, -0.15) is 0 Å². The molecule has 3 aromatic rings. The SMILES string of the molecule is Cc1ccc(OC2(C(Cc3cccc(F)c3)n3cccc3)C(C(=O)O)C2(C)C)cc1. The molecule has 0 aliphatic heterocycles. The highest BCUT2D eigenvalue weighted by molar-refractivity contribution is 5.78. The summed E-state index contributed by atoms with van der Waals surface area (Å²) in [5.41, 5.74) is 0.293. The number of halogens is 1. The average Bonchev–Trinajstić information content (AvgIpc) is 3.02. The van der Waals surface area contributed by atoms with E-state index in [4.69, 9.17) is 4.74 Å². The van der Waals surface area contributed by atoms with E-state index < -0.39 is 22.9 Å². The van der Waals surface area contributed by atoms with E-state index in [0.717, 1.165) is 11.1 Å². The fourth-order valence-corrected chi connectivity index (χ4v) is 4.85. The van der Waals surface area contributed by atoms with Crippen molar-refractivity contribution in [3.63, 3.8) is 0 Å². The highest BCUT2D eigenvalue weighted by Crippen LogP contribution is 2.69. The third-order valence-electron chi connectivity index (χ3n) is 6.43. The van der Waals surface area contributed by atoms with Gasteiger partial charge in [-0.05, 0) is 55.3 Å². The van der Waals surface area contributed by atoms with E-state index in [2.05, 4.69) is 0 Å². The van der Waals surface area contributed by atoms with Gasteiger partial charge in [0.2, 0.25) is 0 Å². The van der Waals surface area contributed by atoms with Crippen molar-refractivity contribution in [1.82, 2.24) is 4.57 Å². The molecule has 1 saturated carbocycles. The molecule has 156 valence electrons. The third kappa shape index (κ3) is 3.28. The number of aryl methyl sites for hydroxylation is 1. The Hall–Kier alpha value is -3.08. The summed E-state index contributed by atoms with van der Waals surface area (Å²) in [7, 11) is 0. The lowest BCUT2D eigenvalue weighted by Crippen LogP contribution is -2.39. The van der Waals surface area contributed by atoms with Crippen molar-refractivity contribution in [3.05, 3.63) is 90.0 Å². The lowest BCUT2D eigenvalue weighted by molar-refractivity contribution is -0.140. The number of rotatable bonds is 7. The summed E-state index contributed by atoms with van der Waals surface area (Å²) in [4.78, 5) is 12.3. The van der Waals surface area contributed by atoms with Crippen LogP contribution in [0.3, 0.4) is 0 Å². The molecular weight excluding hydrogens is 381 g/mol. The van der Waals surface area contributed by atoms with Gasteiger partial charge in [-0.1, -0.05) is 43.7 Å². The molecule has 5 heteroatoms. The number of carbonyl (C=O) groups is 1. The topological polar surface area (TPSA) is 51.5 Å². The van der Waals surface area contributed by atoms with Crippen LogP contribution in [0.4, 0.5) is 4.39 Å². The lowest BCUT2D eigenvalue weighted by Gasteiger charge is -2.33. The fraction of sp³-hybridized carbons (Fsp3) is 0.320. The summed E-state index contributed by atoms with van der Waals surface area (Å²) < 4.78 is 22.4. The predicted octanol–water partition coefficient (Wildman–Crippen LogP) is 5.28. The third-order valence-corrected chi connectivity index (χ3v) is 6.43. The van der Waals surface area contributed by atoms with Crippen LogP contribution in [0.1, 0.15) is 31.0 Å². The second kappa shape index (κ2) is 7.31. The van der Waals surface area contributed by atoms with Gasteiger partial charge in [0, 0.05) is 17.8 Å². The Kier molecular flexibility index (Phi) is 4.92. The summed E-state index contributed by atoms with van der Waals surface area (Å²) in [6, 6.07) is 17.6. The molecule has 1 aliphatic carbocycles. The summed E-state index contributed by atoms with van der Waals surface area (Å²) in [6.07, 6.45) is 4.28. The molecule has 30 heavy (non-hydrogen) atoms. The molecule has 3 atom stereocenters. The molecule has 2 aromatic carbocycles. The largest absolute Gasteiger partial charge is 0.484 e. The van der Waals surface area contributed by atoms with Crippen molar-refractivity contribution in [3.8, 4) is 5.75 Å². The molecule has 1 aromatic heterocycles. The first-order chi connectivity index (χ1) is 14.3. The minimum absolute atomic E-state index is 0.308. The van der Waals surface area contributed by atoms with Gasteiger partial charge in [0.1, 0.15) is 23.1 Å². The monoisotopic (exact) mass is 407 g/mol. The number of ether oxygens (including phenoxy) is 1. The molecule has 1 fully saturated rings. The number of aliphatic carboxylic acids is 1. The maximum atomic E-state index is 13.9. The zero-order valence-corrected chi connectivity index (χ0v) is 17.4. The number of carboxylic acids is 1. The van der Waals surface area contributed by atoms with E-state index in [1.165, 1.54) is 12.1 Å². The van der Waals surface area contributed by atoms with Crippen molar-refractivity contribution >= 4 is 5.97 Å². The van der Waals surface area contributed by atoms with Crippen LogP contribution in [0, 0.1) is 24.1 Å². The summed E-state index contributed by atoms with van der Waals surface area (Å²) >= 11 is 0. The second-order valence-corrected chi connectivity index (χ2v) is 8.68. The Morgan fingerprint density at radius 3 is 2.37 bits per heavy atom. The number of hydrogen-bond donors (Lipinski definition) is 1. The first-order valence-electron chi connectivity index (χ1n) is 10.1. The van der Waals surface area contributed by atoms with Gasteiger partial charge >= 0.3 is 5.97 Å². The molecule has 0 amide bonds. The highest BCUT2D eigenvalue weighted by atomic mass is 19.1. The number of carboxylic acid groups (broad SMARTS) is 1. The second-order valence-electron chi connectivity index (χ2n) is 8.68. The molecule has 0 saturated heterocycles. The van der Waals surface area contributed by atoms with E-state index in [1.54, 1.807) is 6.07 Å². The summed E-state index contributed by atoms with van der Waals surface area (Å²) in [5, 5.41) is 10.1. The van der Waals surface area contributed by atoms with Crippen molar-refractivity contribution in [1.29, 1.82) is 0 Å². The maximum Gasteiger partial charge on any atom is 0.311 e. The quantitative estimate of drug-likeness (QED) is 0.580. The van der Waals surface area contributed by atoms with Crippen LogP contribution in [0.25, 0.3) is 0 Å². The van der Waals surface area contributed by atoms with E-state index in [0.29, 0.717) is 12.2 Å². The molecular formula is C25H26FNO3. The van der Waals surface area contributed by atoms with Gasteiger partial charge in [-0.15, -0.1) is 0 Å². The average molecular weight is 407 g/mol. The van der Waals surface area contributed by atoms with Gasteiger partial charge in [0.15, 0.2) is 0 Å². The van der Waals surface area contributed by atoms with Gasteiger partial charge < -0.3 is 14.4 Å². The van der Waals surface area contributed by atoms with Crippen LogP contribution in [0.15, 0.2) is 73.1 Å². The number of nitrogens with zero attached hydrogens (tertiary/aromatic N) is 1. The molecule has 1 aliphatic rings. The first kappa shape index (κ1) is 20.2. The van der Waals surface area contributed by atoms with Gasteiger partial charge in [-0.3, -0.25) is 4.79 Å². The zero-order chi connectivity index (χ0) is 21.5. The minimum atomic E-state index is -0.987. The van der Waals surface area contributed by atoms with Crippen molar-refractivity contribution in [2.45, 2.75) is 38.8 Å². The molecule has 4 nitrogen and oxygen atoms in total. The minimum Gasteiger partial charge on any atom is -0.484 e. The smallest absolute Gasteiger partial charge is 0.311 e. The summed E-state index contributed by atoms with van der Waals surface area (Å²) in [6.45, 7) is 5.86. The van der Waals surface area contributed by atoms with Gasteiger partial charge in [0.25, 0.3) is 0 Å². The molecule has 0 spiro atoms. The standard InChI is InChI=1S/C25H26FNO3/c1-17-9-11-20(12-10-17)30-25(22(23(28)29)24(25,2)3)21(27-13-4-5-14-27)16-18-7-6-8-19(26)15-18/h4-15,21-22H,16H2,1-3H3,(H,28,29). The first-order valence-corrected chi connectivity index (χ1v) is 10.1. The molecule has 4 rings (SSSR count). The van der Waals surface area contributed by atoms with Crippen molar-refractivity contribution in [2.75, 3.05) is 0 Å². The molecule has 0 radical (unpaired) electrons. The molecule has 1 heterocycles. The van der Waals surface area contributed by atoms with E-state index >= 15 is 0 Å². The molecule has 1 N–H and O–H groups in total. The summed E-state index contributed by atoms with van der Waals surface area (Å²) in [5.74, 6) is -1.26. The van der Waals surface area contributed by atoms with E-state index in [1.807, 2.05) is 80.2 Å². The lowest BCUT2D eigenvalue weighted by atomic mass is 9.93. The van der Waals surface area contributed by atoms with Crippen LogP contribution in [0.2, 0.25) is 0 Å². The molecule has 3 unspecified atom stereocenters. The number of aromatic nitrogens is 1. The highest BCUT2D eigenvalue weighted by Gasteiger charge is 2.80. The van der Waals surface area contributed by atoms with E-state index in [-0.39, 0.29) is 11.9 Å². The number of hydrogen-bond acceptors (Lipinski definition) is 2. The van der Waals surface area contributed by atoms with E-state index in [9.17, 15) is 14.3 Å². The van der Waals surface area contributed by atoms with Crippen LogP contribution in [-0.4, -0.2) is 21.2 Å². The maximum absolute atomic E-state index is 13.9. The zero-order valence-electron chi connectivity index (χ0n) is 17.4. The van der Waals surface area contributed by atoms with Crippen molar-refractivity contribution in [2.24, 2.45) is 11.3 Å². The van der Waals surface area contributed by atoms with Crippen LogP contribution in [-0.2, 0) is 11.2 Å². The van der Waals surface area contributed by atoms with Gasteiger partial charge in [0.05, 0.1) is 6.04 Å². The van der Waals surface area contributed by atoms with Crippen LogP contribution >= 0.6 is 0 Å². The Balaban J connectivity index is 1.82. The van der Waals surface area contributed by atoms with Crippen molar-refractivity contribution < 1.29 is 19.0 Å². The Morgan fingerprint density at radius 2 is 1.80 bits per heavy atom. The predicted molar refractivity (Wildman–Crippen MR) is 113 cm³/mol. The normalized spacial score (nSPS) is 23.0. The molecule has 0 bridgehead atoms. The Labute approximate surface area is 175 Å². The Morgan fingerprint density at radius 1 is 1.13 bits per heavy atom. The van der Waals surface area contributed by atoms with Crippen LogP contribution in [0.5, 0.6) is 5.75 Å². The fourth-order valence-electron chi connectivity index (χ4n) is 4.85. The Bertz CT molecular complexity index is 1040. The van der Waals surface area contributed by atoms with Crippen LogP contribution < -0.4 is 4.74 Å².